The van der Waals surface area contributed by atoms with E-state index in [9.17, 15) is 24.3 Å². The summed E-state index contributed by atoms with van der Waals surface area (Å²) in [5.41, 5.74) is 2.46. The van der Waals surface area contributed by atoms with Gasteiger partial charge in [-0.25, -0.2) is 9.59 Å². The Labute approximate surface area is 215 Å². The number of carbonyl (C=O) groups is 4. The maximum atomic E-state index is 12.9. The first-order chi connectivity index (χ1) is 17.7. The van der Waals surface area contributed by atoms with Crippen LogP contribution < -0.4 is 10.6 Å². The van der Waals surface area contributed by atoms with Crippen molar-refractivity contribution < 1.29 is 29.0 Å². The molecule has 3 N–H and O–H groups in total. The van der Waals surface area contributed by atoms with Crippen molar-refractivity contribution in [2.24, 2.45) is 5.92 Å². The molecule has 37 heavy (non-hydrogen) atoms. The average Bonchev–Trinajstić information content (AvgIpc) is 2.91. The zero-order valence-corrected chi connectivity index (χ0v) is 20.7. The molecule has 3 rings (SSSR count). The number of carbonyl (C=O) groups excluding carboxylic acids is 3. The Morgan fingerprint density at radius 3 is 1.89 bits per heavy atom. The van der Waals surface area contributed by atoms with Gasteiger partial charge in [0.25, 0.3) is 0 Å². The molecule has 8 nitrogen and oxygen atoms in total. The molecule has 192 valence electrons. The number of hydrogen-bond donors (Lipinski definition) is 3. The van der Waals surface area contributed by atoms with Crippen molar-refractivity contribution in [3.05, 3.63) is 107 Å². The summed E-state index contributed by atoms with van der Waals surface area (Å²) in [7, 11) is 0. The third kappa shape index (κ3) is 8.03. The van der Waals surface area contributed by atoms with Gasteiger partial charge in [-0.3, -0.25) is 9.59 Å². The second-order valence-electron chi connectivity index (χ2n) is 8.92. The first-order valence-corrected chi connectivity index (χ1v) is 11.9. The standard InChI is InChI=1S/C29H30N2O6/c1-19(2)25(31-29(36)37-18-21-9-5-3-6-10-21)27(33)30-24(28(34)35)17-20-13-15-23(16-14-20)26(32)22-11-7-4-8-12-22/h3-16,19,24-25H,17-18H2,1-2H3,(H,30,33)(H,31,36)(H,34,35)/t24-,25+/m1/s1. The van der Waals surface area contributed by atoms with Crippen LogP contribution in [0.3, 0.4) is 0 Å². The number of carboxylic acids is 1. The van der Waals surface area contributed by atoms with Crippen molar-refractivity contribution in [1.82, 2.24) is 10.6 Å². The molecule has 3 aromatic carbocycles. The Morgan fingerprint density at radius 2 is 1.32 bits per heavy atom. The zero-order valence-electron chi connectivity index (χ0n) is 20.7. The molecule has 0 unspecified atom stereocenters. The van der Waals surface area contributed by atoms with Crippen LogP contribution in [0, 0.1) is 5.92 Å². The molecular formula is C29H30N2O6. The number of amides is 2. The quantitative estimate of drug-likeness (QED) is 0.341. The molecule has 0 radical (unpaired) electrons. The van der Waals surface area contributed by atoms with Crippen molar-refractivity contribution in [3.8, 4) is 0 Å². The molecule has 0 aromatic heterocycles. The lowest BCUT2D eigenvalue weighted by Gasteiger charge is -2.24. The van der Waals surface area contributed by atoms with Crippen molar-refractivity contribution in [1.29, 1.82) is 0 Å². The average molecular weight is 503 g/mol. The Bertz CT molecular complexity index is 1210. The topological polar surface area (TPSA) is 122 Å². The van der Waals surface area contributed by atoms with E-state index in [0.717, 1.165) is 5.56 Å². The van der Waals surface area contributed by atoms with Crippen molar-refractivity contribution in [3.63, 3.8) is 0 Å². The highest BCUT2D eigenvalue weighted by atomic mass is 16.5. The van der Waals surface area contributed by atoms with Gasteiger partial charge in [-0.2, -0.15) is 0 Å². The third-order valence-electron chi connectivity index (χ3n) is 5.74. The van der Waals surface area contributed by atoms with E-state index in [-0.39, 0.29) is 24.7 Å². The molecule has 0 heterocycles. The van der Waals surface area contributed by atoms with E-state index >= 15 is 0 Å². The van der Waals surface area contributed by atoms with Crippen LogP contribution in [0.15, 0.2) is 84.9 Å². The first kappa shape index (κ1) is 27.1. The van der Waals surface area contributed by atoms with E-state index < -0.39 is 30.1 Å². The largest absolute Gasteiger partial charge is 0.480 e. The lowest BCUT2D eigenvalue weighted by atomic mass is 9.99. The normalized spacial score (nSPS) is 12.3. The number of benzene rings is 3. The van der Waals surface area contributed by atoms with E-state index in [1.807, 2.05) is 36.4 Å². The monoisotopic (exact) mass is 502 g/mol. The lowest BCUT2D eigenvalue weighted by molar-refractivity contribution is -0.142. The van der Waals surface area contributed by atoms with Gasteiger partial charge in [-0.1, -0.05) is 98.8 Å². The summed E-state index contributed by atoms with van der Waals surface area (Å²) in [5.74, 6) is -2.30. The van der Waals surface area contributed by atoms with E-state index in [2.05, 4.69) is 10.6 Å². The summed E-state index contributed by atoms with van der Waals surface area (Å²) in [5, 5.41) is 14.7. The van der Waals surface area contributed by atoms with Gasteiger partial charge < -0.3 is 20.5 Å². The van der Waals surface area contributed by atoms with Crippen LogP contribution in [-0.4, -0.2) is 40.9 Å². The fourth-order valence-electron chi connectivity index (χ4n) is 3.67. The fraction of sp³-hybridized carbons (Fsp3) is 0.241. The van der Waals surface area contributed by atoms with Crippen molar-refractivity contribution >= 4 is 23.8 Å². The smallest absolute Gasteiger partial charge is 0.408 e. The van der Waals surface area contributed by atoms with Gasteiger partial charge in [0.1, 0.15) is 18.7 Å². The molecule has 0 aliphatic heterocycles. The third-order valence-corrected chi connectivity index (χ3v) is 5.74. The van der Waals surface area contributed by atoms with Crippen LogP contribution in [0.2, 0.25) is 0 Å². The summed E-state index contributed by atoms with van der Waals surface area (Å²) in [4.78, 5) is 49.7. The number of carboxylic acid groups (broad SMARTS) is 1. The van der Waals surface area contributed by atoms with Crippen LogP contribution in [0.25, 0.3) is 0 Å². The summed E-state index contributed by atoms with van der Waals surface area (Å²) >= 11 is 0. The van der Waals surface area contributed by atoms with Crippen LogP contribution in [0.5, 0.6) is 0 Å². The van der Waals surface area contributed by atoms with Gasteiger partial charge in [0.15, 0.2) is 5.78 Å². The van der Waals surface area contributed by atoms with Crippen LogP contribution in [-0.2, 0) is 27.4 Å². The number of hydrogen-bond acceptors (Lipinski definition) is 5. The molecule has 8 heteroatoms. The minimum Gasteiger partial charge on any atom is -0.480 e. The predicted octanol–water partition coefficient (Wildman–Crippen LogP) is 3.98. The van der Waals surface area contributed by atoms with Gasteiger partial charge in [0, 0.05) is 17.5 Å². The van der Waals surface area contributed by atoms with E-state index in [1.54, 1.807) is 62.4 Å². The summed E-state index contributed by atoms with van der Waals surface area (Å²) in [6, 6.07) is 22.3. The summed E-state index contributed by atoms with van der Waals surface area (Å²) < 4.78 is 5.20. The molecule has 0 saturated carbocycles. The maximum Gasteiger partial charge on any atom is 0.408 e. The van der Waals surface area contributed by atoms with Crippen molar-refractivity contribution in [2.45, 2.75) is 39.0 Å². The molecule has 0 aliphatic rings. The predicted molar refractivity (Wildman–Crippen MR) is 138 cm³/mol. The van der Waals surface area contributed by atoms with Crippen molar-refractivity contribution in [2.75, 3.05) is 0 Å². The van der Waals surface area contributed by atoms with Gasteiger partial charge in [-0.05, 0) is 17.0 Å². The number of aliphatic carboxylic acids is 1. The second kappa shape index (κ2) is 13.0. The first-order valence-electron chi connectivity index (χ1n) is 11.9. The number of ketones is 1. The van der Waals surface area contributed by atoms with Gasteiger partial charge in [0.05, 0.1) is 0 Å². The molecule has 0 aliphatic carbocycles. The Balaban J connectivity index is 1.60. The Morgan fingerprint density at radius 1 is 0.757 bits per heavy atom. The van der Waals surface area contributed by atoms with Gasteiger partial charge in [-0.15, -0.1) is 0 Å². The molecule has 0 spiro atoms. The number of nitrogens with one attached hydrogen (secondary N) is 2. The molecule has 0 saturated heterocycles. The maximum absolute atomic E-state index is 12.9. The Hall–Kier alpha value is -4.46. The molecule has 0 fully saturated rings. The summed E-state index contributed by atoms with van der Waals surface area (Å²) in [6.45, 7) is 3.51. The fourth-order valence-corrected chi connectivity index (χ4v) is 3.67. The van der Waals surface area contributed by atoms with E-state index in [4.69, 9.17) is 4.74 Å². The highest BCUT2D eigenvalue weighted by Crippen LogP contribution is 2.13. The minimum atomic E-state index is -1.23. The van der Waals surface area contributed by atoms with E-state index in [0.29, 0.717) is 16.7 Å². The minimum absolute atomic E-state index is 0.00412. The molecule has 2 atom stereocenters. The van der Waals surface area contributed by atoms with Gasteiger partial charge >= 0.3 is 12.1 Å². The molecule has 3 aromatic rings. The zero-order chi connectivity index (χ0) is 26.8. The highest BCUT2D eigenvalue weighted by Gasteiger charge is 2.29. The lowest BCUT2D eigenvalue weighted by Crippen LogP contribution is -2.54. The number of rotatable bonds is 11. The molecular weight excluding hydrogens is 472 g/mol. The number of ether oxygens (including phenoxy) is 1. The van der Waals surface area contributed by atoms with Crippen LogP contribution in [0.4, 0.5) is 4.79 Å². The van der Waals surface area contributed by atoms with Crippen LogP contribution >= 0.6 is 0 Å². The Kier molecular flexibility index (Phi) is 9.55. The van der Waals surface area contributed by atoms with Crippen LogP contribution in [0.1, 0.15) is 40.9 Å². The molecule has 2 amide bonds. The number of alkyl carbamates (subject to hydrolysis) is 1. The highest BCUT2D eigenvalue weighted by molar-refractivity contribution is 6.08. The second-order valence-corrected chi connectivity index (χ2v) is 8.92. The van der Waals surface area contributed by atoms with E-state index in [1.165, 1.54) is 0 Å². The molecule has 0 bridgehead atoms. The summed E-state index contributed by atoms with van der Waals surface area (Å²) in [6.07, 6.45) is -0.771. The van der Waals surface area contributed by atoms with Gasteiger partial charge in [0.2, 0.25) is 5.91 Å². The SMILES string of the molecule is CC(C)[C@H](NC(=O)OCc1ccccc1)C(=O)N[C@H](Cc1ccc(C(=O)c2ccccc2)cc1)C(=O)O.